The zero-order valence-electron chi connectivity index (χ0n) is 11.6. The summed E-state index contributed by atoms with van der Waals surface area (Å²) in [6.07, 6.45) is 6.47. The Labute approximate surface area is 114 Å². The van der Waals surface area contributed by atoms with Gasteiger partial charge in [0.2, 0.25) is 5.91 Å². The molecule has 0 atom stereocenters. The number of hydrogen-bond donors (Lipinski definition) is 2. The number of amides is 1. The number of hydrogen-bond acceptors (Lipinski definition) is 2. The van der Waals surface area contributed by atoms with Crippen molar-refractivity contribution in [2.24, 2.45) is 5.41 Å². The molecular weight excluding hydrogens is 236 g/mol. The number of carbonyl (C=O) groups excluding carboxylic acids is 1. The van der Waals surface area contributed by atoms with Crippen LogP contribution in [-0.2, 0) is 11.2 Å². The van der Waals surface area contributed by atoms with Crippen LogP contribution in [0.3, 0.4) is 0 Å². The minimum absolute atomic E-state index is 0.114. The first-order valence-electron chi connectivity index (χ1n) is 7.42. The van der Waals surface area contributed by atoms with E-state index in [1.165, 1.54) is 24.1 Å². The fourth-order valence-electron chi connectivity index (χ4n) is 3.44. The average molecular weight is 258 g/mol. The fraction of sp³-hybridized carbons (Fsp3) is 0.562. The number of carbonyl (C=O) groups is 1. The van der Waals surface area contributed by atoms with Crippen molar-refractivity contribution >= 4 is 17.3 Å². The molecule has 0 spiro atoms. The Balaban J connectivity index is 1.76. The van der Waals surface area contributed by atoms with Gasteiger partial charge in [-0.1, -0.05) is 19.8 Å². The van der Waals surface area contributed by atoms with Gasteiger partial charge in [0, 0.05) is 23.3 Å². The summed E-state index contributed by atoms with van der Waals surface area (Å²) < 4.78 is 0. The molecule has 1 saturated carbocycles. The maximum absolute atomic E-state index is 12.5. The Morgan fingerprint density at radius 3 is 2.89 bits per heavy atom. The van der Waals surface area contributed by atoms with Crippen LogP contribution < -0.4 is 10.6 Å². The zero-order chi connectivity index (χ0) is 13.3. The van der Waals surface area contributed by atoms with E-state index in [-0.39, 0.29) is 11.3 Å². The molecule has 2 aliphatic rings. The number of benzene rings is 1. The Bertz CT molecular complexity index is 490. The third-order valence-corrected chi connectivity index (χ3v) is 4.79. The van der Waals surface area contributed by atoms with Crippen LogP contribution in [-0.4, -0.2) is 12.5 Å². The van der Waals surface area contributed by atoms with E-state index in [1.54, 1.807) is 0 Å². The van der Waals surface area contributed by atoms with Crippen molar-refractivity contribution in [1.82, 2.24) is 0 Å². The van der Waals surface area contributed by atoms with Gasteiger partial charge in [0.25, 0.3) is 0 Å². The quantitative estimate of drug-likeness (QED) is 0.870. The smallest absolute Gasteiger partial charge is 0.230 e. The van der Waals surface area contributed by atoms with E-state index in [4.69, 9.17) is 0 Å². The first kappa shape index (κ1) is 12.5. The largest absolute Gasteiger partial charge is 0.384 e. The summed E-state index contributed by atoms with van der Waals surface area (Å²) in [5, 5.41) is 6.48. The number of fused-ring (bicyclic) bond motifs is 1. The summed E-state index contributed by atoms with van der Waals surface area (Å²) in [5.74, 6) is 0.221. The summed E-state index contributed by atoms with van der Waals surface area (Å²) in [5.41, 5.74) is 3.36. The monoisotopic (exact) mass is 258 g/mol. The molecule has 1 aromatic rings. The minimum Gasteiger partial charge on any atom is -0.384 e. The Hall–Kier alpha value is -1.51. The van der Waals surface area contributed by atoms with Crippen LogP contribution in [0.25, 0.3) is 0 Å². The lowest BCUT2D eigenvalue weighted by Crippen LogP contribution is -2.33. The van der Waals surface area contributed by atoms with E-state index in [2.05, 4.69) is 29.7 Å². The molecule has 0 saturated heterocycles. The maximum Gasteiger partial charge on any atom is 0.230 e. The van der Waals surface area contributed by atoms with Gasteiger partial charge in [-0.05, 0) is 49.4 Å². The van der Waals surface area contributed by atoms with Crippen LogP contribution in [0.2, 0.25) is 0 Å². The molecule has 0 aromatic heterocycles. The molecule has 1 fully saturated rings. The van der Waals surface area contributed by atoms with Gasteiger partial charge in [0.1, 0.15) is 0 Å². The highest BCUT2D eigenvalue weighted by Crippen LogP contribution is 2.42. The highest BCUT2D eigenvalue weighted by atomic mass is 16.2. The van der Waals surface area contributed by atoms with Crippen LogP contribution in [0.5, 0.6) is 0 Å². The molecule has 3 rings (SSSR count). The second-order valence-corrected chi connectivity index (χ2v) is 5.84. The van der Waals surface area contributed by atoms with Gasteiger partial charge in [0.15, 0.2) is 0 Å². The molecular formula is C16H22N2O. The van der Waals surface area contributed by atoms with Crippen LogP contribution in [0.4, 0.5) is 11.4 Å². The van der Waals surface area contributed by atoms with Crippen LogP contribution in [0.15, 0.2) is 18.2 Å². The van der Waals surface area contributed by atoms with Crippen molar-refractivity contribution in [2.75, 3.05) is 17.2 Å². The summed E-state index contributed by atoms with van der Waals surface area (Å²) >= 11 is 0. The van der Waals surface area contributed by atoms with Crippen molar-refractivity contribution in [3.05, 3.63) is 23.8 Å². The predicted molar refractivity (Wildman–Crippen MR) is 78.5 cm³/mol. The van der Waals surface area contributed by atoms with Gasteiger partial charge in [-0.15, -0.1) is 0 Å². The van der Waals surface area contributed by atoms with Crippen molar-refractivity contribution in [1.29, 1.82) is 0 Å². The SMILES string of the molecule is CCC1(C(=O)Nc2ccc3c(c2)CCN3)CCCC1. The molecule has 1 aliphatic heterocycles. The van der Waals surface area contributed by atoms with Crippen molar-refractivity contribution < 1.29 is 4.79 Å². The second-order valence-electron chi connectivity index (χ2n) is 5.84. The van der Waals surface area contributed by atoms with E-state index < -0.39 is 0 Å². The molecule has 1 aliphatic carbocycles. The van der Waals surface area contributed by atoms with Crippen LogP contribution in [0, 0.1) is 5.41 Å². The summed E-state index contributed by atoms with van der Waals surface area (Å²) in [6.45, 7) is 3.14. The summed E-state index contributed by atoms with van der Waals surface area (Å²) in [4.78, 5) is 12.5. The number of nitrogens with one attached hydrogen (secondary N) is 2. The zero-order valence-corrected chi connectivity index (χ0v) is 11.6. The van der Waals surface area contributed by atoms with E-state index >= 15 is 0 Å². The molecule has 0 bridgehead atoms. The molecule has 1 heterocycles. The summed E-state index contributed by atoms with van der Waals surface area (Å²) in [6, 6.07) is 6.20. The minimum atomic E-state index is -0.114. The topological polar surface area (TPSA) is 41.1 Å². The van der Waals surface area contributed by atoms with E-state index in [1.807, 2.05) is 6.07 Å². The first-order chi connectivity index (χ1) is 9.23. The Kier molecular flexibility index (Phi) is 3.21. The standard InChI is InChI=1S/C16H22N2O/c1-2-16(8-3-4-9-16)15(19)18-13-5-6-14-12(11-13)7-10-17-14/h5-6,11,17H,2-4,7-10H2,1H3,(H,18,19). The van der Waals surface area contributed by atoms with Gasteiger partial charge >= 0.3 is 0 Å². The number of rotatable bonds is 3. The highest BCUT2D eigenvalue weighted by Gasteiger charge is 2.39. The van der Waals surface area contributed by atoms with E-state index in [0.29, 0.717) is 0 Å². The third kappa shape index (κ3) is 2.22. The van der Waals surface area contributed by atoms with Gasteiger partial charge in [-0.25, -0.2) is 0 Å². The Morgan fingerprint density at radius 2 is 2.16 bits per heavy atom. The highest BCUT2D eigenvalue weighted by molar-refractivity contribution is 5.95. The predicted octanol–water partition coefficient (Wildman–Crippen LogP) is 3.56. The van der Waals surface area contributed by atoms with Crippen molar-refractivity contribution in [2.45, 2.75) is 45.4 Å². The molecule has 0 radical (unpaired) electrons. The fourth-order valence-corrected chi connectivity index (χ4v) is 3.44. The summed E-state index contributed by atoms with van der Waals surface area (Å²) in [7, 11) is 0. The average Bonchev–Trinajstić information content (AvgIpc) is 3.07. The van der Waals surface area contributed by atoms with Gasteiger partial charge in [-0.2, -0.15) is 0 Å². The van der Waals surface area contributed by atoms with Gasteiger partial charge in [-0.3, -0.25) is 4.79 Å². The number of anilines is 2. The van der Waals surface area contributed by atoms with Gasteiger partial charge in [0.05, 0.1) is 0 Å². The van der Waals surface area contributed by atoms with Crippen LogP contribution in [0.1, 0.15) is 44.6 Å². The Morgan fingerprint density at radius 1 is 1.37 bits per heavy atom. The van der Waals surface area contributed by atoms with Crippen LogP contribution >= 0.6 is 0 Å². The maximum atomic E-state index is 12.5. The molecule has 3 heteroatoms. The molecule has 3 nitrogen and oxygen atoms in total. The molecule has 102 valence electrons. The second kappa shape index (κ2) is 4.87. The first-order valence-corrected chi connectivity index (χ1v) is 7.42. The third-order valence-electron chi connectivity index (χ3n) is 4.79. The molecule has 1 aromatic carbocycles. The normalized spacial score (nSPS) is 19.8. The lowest BCUT2D eigenvalue weighted by Gasteiger charge is -2.26. The van der Waals surface area contributed by atoms with Crippen molar-refractivity contribution in [3.8, 4) is 0 Å². The molecule has 19 heavy (non-hydrogen) atoms. The lowest BCUT2D eigenvalue weighted by atomic mass is 9.82. The van der Waals surface area contributed by atoms with Gasteiger partial charge < -0.3 is 10.6 Å². The van der Waals surface area contributed by atoms with Crippen molar-refractivity contribution in [3.63, 3.8) is 0 Å². The molecule has 2 N–H and O–H groups in total. The molecule has 1 amide bonds. The molecule has 0 unspecified atom stereocenters. The van der Waals surface area contributed by atoms with E-state index in [9.17, 15) is 4.79 Å². The van der Waals surface area contributed by atoms with E-state index in [0.717, 1.165) is 37.9 Å². The lowest BCUT2D eigenvalue weighted by molar-refractivity contribution is -0.125.